The Morgan fingerprint density at radius 3 is 1.95 bits per heavy atom. The Morgan fingerprint density at radius 1 is 0.797 bits per heavy atom. The number of cyclic esters (lactones) is 1. The van der Waals surface area contributed by atoms with Crippen LogP contribution in [-0.4, -0.2) is 100.0 Å². The molecule has 2 heterocycles. The number of aliphatic hydroxyl groups is 1. The Balaban J connectivity index is 1.29. The summed E-state index contributed by atoms with van der Waals surface area (Å²) < 4.78 is 36.7. The van der Waals surface area contributed by atoms with E-state index in [1.54, 1.807) is 101 Å². The molecule has 15 heteroatoms. The first-order chi connectivity index (χ1) is 30.3. The maximum Gasteiger partial charge on any atom is 0.418 e. The van der Waals surface area contributed by atoms with Crippen molar-refractivity contribution in [2.75, 3.05) is 6.61 Å². The fourth-order valence-corrected chi connectivity index (χ4v) is 11.1. The molecule has 2 aliphatic heterocycles. The molecule has 0 aromatic heterocycles. The van der Waals surface area contributed by atoms with Gasteiger partial charge in [0.2, 0.25) is 6.10 Å². The Labute approximate surface area is 370 Å². The molecule has 15 nitrogen and oxygen atoms in total. The fraction of sp³-hybridized carbons (Fsp3) is 0.449. The van der Waals surface area contributed by atoms with Crippen LogP contribution in [0.25, 0.3) is 0 Å². The molecule has 3 aromatic rings. The van der Waals surface area contributed by atoms with E-state index >= 15 is 4.79 Å². The van der Waals surface area contributed by atoms with Gasteiger partial charge in [-0.1, -0.05) is 94.4 Å². The zero-order chi connectivity index (χ0) is 46.1. The molecular formula is C49H51NO14. The molecular weight excluding hydrogens is 827 g/mol. The van der Waals surface area contributed by atoms with Gasteiger partial charge in [0.05, 0.1) is 18.1 Å². The summed E-state index contributed by atoms with van der Waals surface area (Å²) >= 11 is 0. The van der Waals surface area contributed by atoms with Crippen LogP contribution in [0.1, 0.15) is 93.6 Å². The van der Waals surface area contributed by atoms with Crippen molar-refractivity contribution in [2.45, 2.75) is 109 Å². The number of hydrogen-bond donors (Lipinski definition) is 1. The van der Waals surface area contributed by atoms with Gasteiger partial charge in [-0.05, 0) is 60.2 Å². The second-order valence-electron chi connectivity index (χ2n) is 18.3. The minimum Gasteiger partial charge on any atom is -0.455 e. The smallest absolute Gasteiger partial charge is 0.418 e. The van der Waals surface area contributed by atoms with Gasteiger partial charge in [-0.3, -0.25) is 19.2 Å². The van der Waals surface area contributed by atoms with E-state index in [0.717, 1.165) is 11.8 Å². The predicted molar refractivity (Wildman–Crippen MR) is 224 cm³/mol. The number of Topliss-reactive ketones (excluding diaryl/α,β-unsaturated/α-hetero) is 1. The molecule has 2 saturated heterocycles. The third kappa shape index (κ3) is 6.82. The van der Waals surface area contributed by atoms with Crippen molar-refractivity contribution >= 4 is 41.7 Å². The van der Waals surface area contributed by atoms with Crippen molar-refractivity contribution in [3.63, 3.8) is 0 Å². The first-order valence-corrected chi connectivity index (χ1v) is 21.3. The average molecular weight is 878 g/mol. The van der Waals surface area contributed by atoms with Gasteiger partial charge in [-0.25, -0.2) is 19.3 Å². The van der Waals surface area contributed by atoms with Crippen LogP contribution in [0.2, 0.25) is 0 Å². The van der Waals surface area contributed by atoms with E-state index in [9.17, 15) is 33.9 Å². The first kappa shape index (κ1) is 44.4. The molecule has 64 heavy (non-hydrogen) atoms. The molecule has 336 valence electrons. The summed E-state index contributed by atoms with van der Waals surface area (Å²) in [5.74, 6) is -6.72. The predicted octanol–water partition coefficient (Wildman–Crippen LogP) is 5.88. The van der Waals surface area contributed by atoms with E-state index in [-0.39, 0.29) is 35.3 Å². The maximum atomic E-state index is 15.7. The van der Waals surface area contributed by atoms with Crippen LogP contribution in [0.4, 0.5) is 4.79 Å². The highest BCUT2D eigenvalue weighted by Crippen LogP contribution is 2.65. The number of ketones is 1. The van der Waals surface area contributed by atoms with Crippen molar-refractivity contribution in [3.05, 3.63) is 119 Å². The molecule has 1 N–H and O–H groups in total. The van der Waals surface area contributed by atoms with Crippen molar-refractivity contribution in [3.8, 4) is 0 Å². The highest BCUT2D eigenvalue weighted by Gasteiger charge is 2.78. The highest BCUT2D eigenvalue weighted by atomic mass is 16.6. The molecule has 2 bridgehead atoms. The number of nitrogens with zero attached hydrogens (tertiary/aromatic N) is 1. The molecule has 11 atom stereocenters. The Hall–Kier alpha value is -6.19. The Bertz CT molecular complexity index is 2440. The van der Waals surface area contributed by atoms with Crippen LogP contribution >= 0.6 is 0 Å². The lowest BCUT2D eigenvalue weighted by molar-refractivity contribution is -0.340. The molecule has 0 unspecified atom stereocenters. The van der Waals surface area contributed by atoms with E-state index in [0.29, 0.717) is 5.56 Å². The summed E-state index contributed by atoms with van der Waals surface area (Å²) in [4.78, 5) is 99.5. The lowest BCUT2D eigenvalue weighted by Gasteiger charge is -2.68. The van der Waals surface area contributed by atoms with Crippen LogP contribution in [0, 0.1) is 22.7 Å². The van der Waals surface area contributed by atoms with E-state index in [1.807, 2.05) is 0 Å². The number of fused-ring (bicyclic) bond motifs is 5. The first-order valence-electron chi connectivity index (χ1n) is 21.3. The molecule has 3 aromatic carbocycles. The molecule has 5 aliphatic rings. The van der Waals surface area contributed by atoms with E-state index in [1.165, 1.54) is 31.2 Å². The van der Waals surface area contributed by atoms with E-state index in [2.05, 4.69) is 0 Å². The minimum atomic E-state index is -2.30. The van der Waals surface area contributed by atoms with Crippen molar-refractivity contribution in [1.29, 1.82) is 0 Å². The quantitative estimate of drug-likeness (QED) is 0.160. The standard InChI is InChI=1S/C49H51NO14/c1-26-23-34-48(25-59-34,64-29(4)52)39-41(63-43(55)32-21-15-10-16-22-32)49(58)24-33(27(2)35(46(49,5)6)37(60-28(3)51)40(53)47(26,39)7)61-44(56)38-36(30-17-11-8-12-18-30)50(45(57)62-38)42(54)31-19-13-9-14-20-31/h8-22,26,33-34,36-39,41,58H,23-25H2,1-7H3/t26-,33-,34+,36+,37+,38+,39-,41-,47+,48-,49+/m0/s1. The number of esters is 4. The van der Waals surface area contributed by atoms with Gasteiger partial charge in [-0.2, -0.15) is 0 Å². The molecule has 8 rings (SSSR count). The average Bonchev–Trinajstić information content (AvgIpc) is 3.61. The lowest BCUT2D eigenvalue weighted by Crippen LogP contribution is -2.80. The van der Waals surface area contributed by atoms with Gasteiger partial charge < -0.3 is 33.5 Å². The second-order valence-corrected chi connectivity index (χ2v) is 18.3. The summed E-state index contributed by atoms with van der Waals surface area (Å²) in [5, 5.41) is 13.8. The van der Waals surface area contributed by atoms with Crippen LogP contribution < -0.4 is 0 Å². The van der Waals surface area contributed by atoms with Gasteiger partial charge in [0.15, 0.2) is 17.5 Å². The van der Waals surface area contributed by atoms with Crippen molar-refractivity contribution in [1.82, 2.24) is 4.90 Å². The molecule has 2 saturated carbocycles. The topological polar surface area (TPSA) is 198 Å². The molecule has 2 amide bonds. The normalized spacial score (nSPS) is 33.8. The largest absolute Gasteiger partial charge is 0.455 e. The monoisotopic (exact) mass is 877 g/mol. The molecule has 0 radical (unpaired) electrons. The fourth-order valence-electron chi connectivity index (χ4n) is 11.1. The molecule has 0 spiro atoms. The summed E-state index contributed by atoms with van der Waals surface area (Å²) in [6.45, 7) is 10.4. The third-order valence-electron chi connectivity index (χ3n) is 14.5. The zero-order valence-corrected chi connectivity index (χ0v) is 36.6. The lowest BCUT2D eigenvalue weighted by atomic mass is 9.43. The number of hydrogen-bond acceptors (Lipinski definition) is 14. The number of ether oxygens (including phenoxy) is 6. The number of carbonyl (C=O) groups is 7. The van der Waals surface area contributed by atoms with Crippen LogP contribution in [-0.2, 0) is 47.6 Å². The Kier molecular flexibility index (Phi) is 11.2. The van der Waals surface area contributed by atoms with E-state index < -0.39 is 119 Å². The number of rotatable bonds is 8. The Morgan fingerprint density at radius 2 is 1.39 bits per heavy atom. The SMILES string of the molecule is CC(=O)O[C@H]1C(=O)[C@@]2(C)[C@H]([C@H](OC(=O)c3ccccc3)[C@]3(O)C[C@H](OC(=O)[C@@H]4OC(=O)N(C(=O)c5ccccc5)[C@@H]4c4ccccc4)C(C)=C1C3(C)C)[C@]1(OC(C)=O)CO[C@@H]1C[C@@H]2C. The van der Waals surface area contributed by atoms with Gasteiger partial charge in [-0.15, -0.1) is 0 Å². The number of imide groups is 1. The minimum absolute atomic E-state index is 0.101. The van der Waals surface area contributed by atoms with Crippen LogP contribution in [0.5, 0.6) is 0 Å². The summed E-state index contributed by atoms with van der Waals surface area (Å²) in [6.07, 6.45) is -8.63. The third-order valence-corrected chi connectivity index (χ3v) is 14.5. The van der Waals surface area contributed by atoms with Gasteiger partial charge >= 0.3 is 30.0 Å². The van der Waals surface area contributed by atoms with Gasteiger partial charge in [0, 0.05) is 36.7 Å². The maximum absolute atomic E-state index is 15.7. The summed E-state index contributed by atoms with van der Waals surface area (Å²) in [7, 11) is 0. The highest BCUT2D eigenvalue weighted by molar-refractivity contribution is 6.05. The second kappa shape index (κ2) is 16.1. The van der Waals surface area contributed by atoms with Crippen LogP contribution in [0.3, 0.4) is 0 Å². The number of carbonyl (C=O) groups excluding carboxylic acids is 7. The number of benzene rings is 3. The summed E-state index contributed by atoms with van der Waals surface area (Å²) in [6, 6.07) is 23.1. The zero-order valence-electron chi connectivity index (χ0n) is 36.6. The summed E-state index contributed by atoms with van der Waals surface area (Å²) in [5.41, 5.74) is -6.12. The van der Waals surface area contributed by atoms with Crippen LogP contribution in [0.15, 0.2) is 102 Å². The van der Waals surface area contributed by atoms with Gasteiger partial charge in [0.25, 0.3) is 5.91 Å². The molecule has 4 fully saturated rings. The number of amides is 2. The molecule has 3 aliphatic carbocycles. The van der Waals surface area contributed by atoms with E-state index in [4.69, 9.17) is 28.4 Å². The van der Waals surface area contributed by atoms with Gasteiger partial charge in [0.1, 0.15) is 30.0 Å². The van der Waals surface area contributed by atoms with Crippen molar-refractivity contribution in [2.24, 2.45) is 22.7 Å². The van der Waals surface area contributed by atoms with Crippen molar-refractivity contribution < 1.29 is 67.1 Å².